The van der Waals surface area contributed by atoms with E-state index in [4.69, 9.17) is 4.42 Å². The second-order valence-electron chi connectivity index (χ2n) is 6.63. The Morgan fingerprint density at radius 1 is 0.839 bits per heavy atom. The number of benzene rings is 3. The van der Waals surface area contributed by atoms with Gasteiger partial charge in [-0.25, -0.2) is 14.6 Å². The molecule has 4 rings (SSSR count). The van der Waals surface area contributed by atoms with Crippen molar-refractivity contribution in [3.05, 3.63) is 90.7 Å². The number of ether oxygens (including phenoxy) is 1. The van der Waals surface area contributed by atoms with E-state index in [2.05, 4.69) is 20.4 Å². The molecule has 0 atom stereocenters. The highest BCUT2D eigenvalue weighted by Crippen LogP contribution is 2.25. The fourth-order valence-corrected chi connectivity index (χ4v) is 2.98. The number of rotatable bonds is 5. The molecule has 0 bridgehead atoms. The van der Waals surface area contributed by atoms with Crippen LogP contribution in [-0.2, 0) is 4.74 Å². The van der Waals surface area contributed by atoms with Gasteiger partial charge in [0.05, 0.1) is 12.7 Å². The first-order valence-corrected chi connectivity index (χ1v) is 9.50. The summed E-state index contributed by atoms with van der Waals surface area (Å²) in [6.45, 7) is 0. The summed E-state index contributed by atoms with van der Waals surface area (Å²) in [5.41, 5.74) is 3.95. The highest BCUT2D eigenvalue weighted by molar-refractivity contribution is 6.00. The molecule has 0 aliphatic heterocycles. The SMILES string of the molecule is COC(=O)c1cccc(NC(=O)Nc2ccc(-c3nc(-c4ccccc4)co3)cc2)c1. The van der Waals surface area contributed by atoms with Crippen LogP contribution >= 0.6 is 0 Å². The van der Waals surface area contributed by atoms with Crippen molar-refractivity contribution in [2.45, 2.75) is 0 Å². The standard InChI is InChI=1S/C24H19N3O4/c1-30-23(28)18-8-5-9-20(14-18)26-24(29)25-19-12-10-17(11-13-19)22-27-21(15-31-22)16-6-3-2-4-7-16/h2-15H,1H3,(H2,25,26,29). The van der Waals surface area contributed by atoms with Crippen LogP contribution in [0.1, 0.15) is 10.4 Å². The first-order valence-electron chi connectivity index (χ1n) is 9.50. The van der Waals surface area contributed by atoms with Gasteiger partial charge in [0.2, 0.25) is 5.89 Å². The van der Waals surface area contributed by atoms with Gasteiger partial charge in [-0.15, -0.1) is 0 Å². The molecule has 0 saturated carbocycles. The number of carbonyl (C=O) groups is 2. The summed E-state index contributed by atoms with van der Waals surface area (Å²) in [6.07, 6.45) is 1.62. The van der Waals surface area contributed by atoms with E-state index in [0.29, 0.717) is 22.8 Å². The lowest BCUT2D eigenvalue weighted by atomic mass is 10.2. The van der Waals surface area contributed by atoms with E-state index in [-0.39, 0.29) is 0 Å². The van der Waals surface area contributed by atoms with Crippen molar-refractivity contribution in [3.8, 4) is 22.7 Å². The minimum atomic E-state index is -0.471. The monoisotopic (exact) mass is 413 g/mol. The normalized spacial score (nSPS) is 10.4. The summed E-state index contributed by atoms with van der Waals surface area (Å²) in [4.78, 5) is 28.4. The van der Waals surface area contributed by atoms with Crippen molar-refractivity contribution in [3.63, 3.8) is 0 Å². The second kappa shape index (κ2) is 8.96. The Hall–Kier alpha value is -4.39. The lowest BCUT2D eigenvalue weighted by Gasteiger charge is -2.09. The third kappa shape index (κ3) is 4.79. The molecule has 7 heteroatoms. The molecule has 2 N–H and O–H groups in total. The van der Waals surface area contributed by atoms with Crippen molar-refractivity contribution in [2.24, 2.45) is 0 Å². The summed E-state index contributed by atoms with van der Waals surface area (Å²) >= 11 is 0. The molecule has 1 heterocycles. The van der Waals surface area contributed by atoms with Crippen molar-refractivity contribution in [1.29, 1.82) is 0 Å². The summed E-state index contributed by atoms with van der Waals surface area (Å²) in [7, 11) is 1.31. The van der Waals surface area contributed by atoms with Gasteiger partial charge in [0.15, 0.2) is 0 Å². The number of aromatic nitrogens is 1. The van der Waals surface area contributed by atoms with Crippen LogP contribution in [-0.4, -0.2) is 24.1 Å². The number of oxazole rings is 1. The number of anilines is 2. The number of hydrogen-bond donors (Lipinski definition) is 2. The number of methoxy groups -OCH3 is 1. The van der Waals surface area contributed by atoms with Gasteiger partial charge in [0.1, 0.15) is 12.0 Å². The van der Waals surface area contributed by atoms with Gasteiger partial charge in [-0.2, -0.15) is 0 Å². The molecule has 154 valence electrons. The average Bonchev–Trinajstić information content (AvgIpc) is 3.30. The van der Waals surface area contributed by atoms with E-state index in [1.54, 1.807) is 42.7 Å². The number of urea groups is 1. The third-order valence-corrected chi connectivity index (χ3v) is 4.50. The average molecular weight is 413 g/mol. The molecular weight excluding hydrogens is 394 g/mol. The third-order valence-electron chi connectivity index (χ3n) is 4.50. The number of carbonyl (C=O) groups excluding carboxylic acids is 2. The Morgan fingerprint density at radius 2 is 1.58 bits per heavy atom. The summed E-state index contributed by atoms with van der Waals surface area (Å²) in [5.74, 6) is 0.0242. The first kappa shape index (κ1) is 19.9. The number of nitrogens with zero attached hydrogens (tertiary/aromatic N) is 1. The van der Waals surface area contributed by atoms with E-state index < -0.39 is 12.0 Å². The van der Waals surface area contributed by atoms with E-state index in [1.807, 2.05) is 42.5 Å². The summed E-state index contributed by atoms with van der Waals surface area (Å²) in [6, 6.07) is 23.0. The molecule has 0 unspecified atom stereocenters. The maximum Gasteiger partial charge on any atom is 0.337 e. The smallest absolute Gasteiger partial charge is 0.337 e. The minimum absolute atomic E-state index is 0.352. The highest BCUT2D eigenvalue weighted by atomic mass is 16.5. The number of esters is 1. The van der Waals surface area contributed by atoms with E-state index in [0.717, 1.165) is 16.8 Å². The predicted molar refractivity (Wildman–Crippen MR) is 118 cm³/mol. The Kier molecular flexibility index (Phi) is 5.75. The zero-order valence-electron chi connectivity index (χ0n) is 16.7. The van der Waals surface area contributed by atoms with Crippen LogP contribution in [0.15, 0.2) is 89.5 Å². The molecular formula is C24H19N3O4. The van der Waals surface area contributed by atoms with Crippen LogP contribution in [0.25, 0.3) is 22.7 Å². The van der Waals surface area contributed by atoms with Gasteiger partial charge in [0.25, 0.3) is 0 Å². The van der Waals surface area contributed by atoms with Crippen molar-refractivity contribution in [1.82, 2.24) is 4.98 Å². The zero-order valence-corrected chi connectivity index (χ0v) is 16.7. The van der Waals surface area contributed by atoms with Crippen molar-refractivity contribution in [2.75, 3.05) is 17.7 Å². The summed E-state index contributed by atoms with van der Waals surface area (Å²) in [5, 5.41) is 5.43. The lowest BCUT2D eigenvalue weighted by Crippen LogP contribution is -2.19. The van der Waals surface area contributed by atoms with E-state index in [9.17, 15) is 9.59 Å². The maximum atomic E-state index is 12.3. The Balaban J connectivity index is 1.40. The van der Waals surface area contributed by atoms with Crippen molar-refractivity contribution >= 4 is 23.4 Å². The molecule has 0 spiro atoms. The molecule has 7 nitrogen and oxygen atoms in total. The lowest BCUT2D eigenvalue weighted by molar-refractivity contribution is 0.0600. The first-order chi connectivity index (χ1) is 15.1. The van der Waals surface area contributed by atoms with E-state index in [1.165, 1.54) is 7.11 Å². The molecule has 31 heavy (non-hydrogen) atoms. The van der Waals surface area contributed by atoms with Crippen LogP contribution in [0.2, 0.25) is 0 Å². The van der Waals surface area contributed by atoms with Crippen LogP contribution in [0.4, 0.5) is 16.2 Å². The Bertz CT molecular complexity index is 1200. The minimum Gasteiger partial charge on any atom is -0.465 e. The van der Waals surface area contributed by atoms with Gasteiger partial charge in [-0.05, 0) is 42.5 Å². The molecule has 0 fully saturated rings. The largest absolute Gasteiger partial charge is 0.465 e. The summed E-state index contributed by atoms with van der Waals surface area (Å²) < 4.78 is 10.3. The van der Waals surface area contributed by atoms with Crippen molar-refractivity contribution < 1.29 is 18.7 Å². The van der Waals surface area contributed by atoms with Gasteiger partial charge in [-0.3, -0.25) is 0 Å². The molecule has 0 aliphatic rings. The molecule has 0 saturated heterocycles. The maximum absolute atomic E-state index is 12.3. The fourth-order valence-electron chi connectivity index (χ4n) is 2.98. The topological polar surface area (TPSA) is 93.5 Å². The van der Waals surface area contributed by atoms with Crippen LogP contribution in [0.3, 0.4) is 0 Å². The molecule has 0 radical (unpaired) electrons. The highest BCUT2D eigenvalue weighted by Gasteiger charge is 2.10. The van der Waals surface area contributed by atoms with Gasteiger partial charge < -0.3 is 19.8 Å². The van der Waals surface area contributed by atoms with Gasteiger partial charge in [0, 0.05) is 22.5 Å². The second-order valence-corrected chi connectivity index (χ2v) is 6.63. The van der Waals surface area contributed by atoms with Gasteiger partial charge in [-0.1, -0.05) is 36.4 Å². The number of amides is 2. The van der Waals surface area contributed by atoms with E-state index >= 15 is 0 Å². The molecule has 4 aromatic rings. The number of hydrogen-bond acceptors (Lipinski definition) is 5. The Morgan fingerprint density at radius 3 is 2.32 bits per heavy atom. The predicted octanol–water partition coefficient (Wildman–Crippen LogP) is 5.44. The molecule has 3 aromatic carbocycles. The zero-order chi connectivity index (χ0) is 21.6. The molecule has 1 aromatic heterocycles. The molecule has 2 amide bonds. The van der Waals surface area contributed by atoms with Crippen LogP contribution in [0.5, 0.6) is 0 Å². The van der Waals surface area contributed by atoms with Crippen LogP contribution in [0, 0.1) is 0 Å². The fraction of sp³-hybridized carbons (Fsp3) is 0.0417. The quantitative estimate of drug-likeness (QED) is 0.425. The van der Waals surface area contributed by atoms with Gasteiger partial charge >= 0.3 is 12.0 Å². The van der Waals surface area contributed by atoms with Crippen LogP contribution < -0.4 is 10.6 Å². The molecule has 0 aliphatic carbocycles. The number of nitrogens with one attached hydrogen (secondary N) is 2. The Labute approximate surface area is 178 Å².